The first kappa shape index (κ1) is 18.6. The Morgan fingerprint density at radius 1 is 1.00 bits per heavy atom. The first-order valence-corrected chi connectivity index (χ1v) is 7.81. The number of carbonyl (C=O) groups is 2. The van der Waals surface area contributed by atoms with E-state index >= 15 is 0 Å². The lowest BCUT2D eigenvalue weighted by Crippen LogP contribution is -2.20. The van der Waals surface area contributed by atoms with Crippen LogP contribution in [0.2, 0.25) is 0 Å². The maximum atomic E-state index is 12.2. The Bertz CT molecular complexity index is 699. The molecule has 0 heterocycles. The van der Waals surface area contributed by atoms with Crippen LogP contribution in [0, 0.1) is 0 Å². The number of hydrogen-bond acceptors (Lipinski definition) is 4. The van der Waals surface area contributed by atoms with Gasteiger partial charge in [-0.15, -0.1) is 0 Å². The molecular formula is C19H18F2O4. The maximum Gasteiger partial charge on any atom is 0.387 e. The van der Waals surface area contributed by atoms with Crippen LogP contribution in [0.4, 0.5) is 8.78 Å². The SMILES string of the molecule is CC[C@@H](C(=O)OCC(=O)c1ccc(OC(F)F)cc1)c1ccccc1. The van der Waals surface area contributed by atoms with E-state index in [1.165, 1.54) is 24.3 Å². The minimum Gasteiger partial charge on any atom is -0.457 e. The number of hydrogen-bond donors (Lipinski definition) is 0. The van der Waals surface area contributed by atoms with E-state index in [9.17, 15) is 18.4 Å². The number of ketones is 1. The van der Waals surface area contributed by atoms with Crippen molar-refractivity contribution < 1.29 is 27.8 Å². The van der Waals surface area contributed by atoms with Gasteiger partial charge >= 0.3 is 12.6 Å². The molecule has 0 N–H and O–H groups in total. The third-order valence-electron chi connectivity index (χ3n) is 3.64. The molecule has 25 heavy (non-hydrogen) atoms. The standard InChI is InChI=1S/C19H18F2O4/c1-2-16(13-6-4-3-5-7-13)18(23)24-12-17(22)14-8-10-15(11-9-14)25-19(20)21/h3-11,16,19H,2,12H2,1H3/t16-/m1/s1. The third kappa shape index (κ3) is 5.38. The van der Waals surface area contributed by atoms with Crippen LogP contribution in [-0.2, 0) is 9.53 Å². The summed E-state index contributed by atoms with van der Waals surface area (Å²) in [6, 6.07) is 14.4. The predicted molar refractivity (Wildman–Crippen MR) is 87.8 cm³/mol. The van der Waals surface area contributed by atoms with Gasteiger partial charge in [-0.25, -0.2) is 0 Å². The summed E-state index contributed by atoms with van der Waals surface area (Å²) in [5.74, 6) is -1.37. The maximum absolute atomic E-state index is 12.2. The Labute approximate surface area is 144 Å². The van der Waals surface area contributed by atoms with Crippen molar-refractivity contribution in [1.82, 2.24) is 0 Å². The smallest absolute Gasteiger partial charge is 0.387 e. The fourth-order valence-corrected chi connectivity index (χ4v) is 2.37. The van der Waals surface area contributed by atoms with E-state index < -0.39 is 30.9 Å². The molecule has 0 aromatic heterocycles. The Morgan fingerprint density at radius 2 is 1.64 bits per heavy atom. The molecule has 132 valence electrons. The quantitative estimate of drug-likeness (QED) is 0.530. The normalized spacial score (nSPS) is 11.8. The molecule has 0 unspecified atom stereocenters. The highest BCUT2D eigenvalue weighted by Crippen LogP contribution is 2.21. The molecule has 0 bridgehead atoms. The highest BCUT2D eigenvalue weighted by atomic mass is 19.3. The highest BCUT2D eigenvalue weighted by molar-refractivity contribution is 5.98. The van der Waals surface area contributed by atoms with E-state index in [2.05, 4.69) is 4.74 Å². The minimum atomic E-state index is -2.92. The summed E-state index contributed by atoms with van der Waals surface area (Å²) in [4.78, 5) is 24.3. The first-order chi connectivity index (χ1) is 12.0. The molecule has 0 saturated carbocycles. The lowest BCUT2D eigenvalue weighted by atomic mass is 9.97. The lowest BCUT2D eigenvalue weighted by molar-refractivity contribution is -0.144. The summed E-state index contributed by atoms with van der Waals surface area (Å²) in [5.41, 5.74) is 1.08. The van der Waals surface area contributed by atoms with Crippen molar-refractivity contribution in [2.75, 3.05) is 6.61 Å². The zero-order valence-electron chi connectivity index (χ0n) is 13.7. The van der Waals surface area contributed by atoms with Gasteiger partial charge in [0.05, 0.1) is 5.92 Å². The molecule has 0 aliphatic heterocycles. The van der Waals surface area contributed by atoms with Crippen molar-refractivity contribution in [2.45, 2.75) is 25.9 Å². The van der Waals surface area contributed by atoms with Crippen LogP contribution in [0.5, 0.6) is 5.75 Å². The molecule has 0 amide bonds. The number of esters is 1. The number of benzene rings is 2. The van der Waals surface area contributed by atoms with E-state index in [0.717, 1.165) is 5.56 Å². The van der Waals surface area contributed by atoms with Crippen LogP contribution in [0.25, 0.3) is 0 Å². The minimum absolute atomic E-state index is 0.0429. The van der Waals surface area contributed by atoms with Crippen LogP contribution in [0.3, 0.4) is 0 Å². The van der Waals surface area contributed by atoms with E-state index in [4.69, 9.17) is 4.74 Å². The fraction of sp³-hybridized carbons (Fsp3) is 0.263. The Hall–Kier alpha value is -2.76. The molecule has 2 rings (SSSR count). The van der Waals surface area contributed by atoms with Crippen molar-refractivity contribution in [3.63, 3.8) is 0 Å². The van der Waals surface area contributed by atoms with Gasteiger partial charge in [0, 0.05) is 5.56 Å². The van der Waals surface area contributed by atoms with Crippen molar-refractivity contribution in [3.05, 3.63) is 65.7 Å². The van der Waals surface area contributed by atoms with Gasteiger partial charge in [0.25, 0.3) is 0 Å². The van der Waals surface area contributed by atoms with Gasteiger partial charge in [-0.05, 0) is 36.2 Å². The van der Waals surface area contributed by atoms with Crippen LogP contribution in [0.15, 0.2) is 54.6 Å². The van der Waals surface area contributed by atoms with Gasteiger partial charge in [0.2, 0.25) is 0 Å². The van der Waals surface area contributed by atoms with Crippen molar-refractivity contribution in [1.29, 1.82) is 0 Å². The molecule has 2 aromatic carbocycles. The number of alkyl halides is 2. The molecule has 1 atom stereocenters. The Kier molecular flexibility index (Phi) is 6.62. The van der Waals surface area contributed by atoms with Crippen LogP contribution in [0.1, 0.15) is 35.2 Å². The number of ether oxygens (including phenoxy) is 2. The van der Waals surface area contributed by atoms with Crippen LogP contribution < -0.4 is 4.74 Å². The number of halogens is 2. The second-order valence-electron chi connectivity index (χ2n) is 5.31. The van der Waals surface area contributed by atoms with E-state index in [1.54, 1.807) is 0 Å². The molecule has 0 aliphatic carbocycles. The molecule has 0 spiro atoms. The van der Waals surface area contributed by atoms with Gasteiger partial charge < -0.3 is 9.47 Å². The number of carbonyl (C=O) groups excluding carboxylic acids is 2. The third-order valence-corrected chi connectivity index (χ3v) is 3.64. The van der Waals surface area contributed by atoms with E-state index in [0.29, 0.717) is 6.42 Å². The monoisotopic (exact) mass is 348 g/mol. The summed E-state index contributed by atoms with van der Waals surface area (Å²) in [5, 5.41) is 0. The van der Waals surface area contributed by atoms with Gasteiger partial charge in [-0.1, -0.05) is 37.3 Å². The Balaban J connectivity index is 1.93. The average Bonchev–Trinajstić information content (AvgIpc) is 2.61. The summed E-state index contributed by atoms with van der Waals surface area (Å²) in [7, 11) is 0. The molecule has 0 fully saturated rings. The van der Waals surface area contributed by atoms with E-state index in [-0.39, 0.29) is 11.3 Å². The van der Waals surface area contributed by atoms with Crippen LogP contribution in [-0.4, -0.2) is 25.0 Å². The fourth-order valence-electron chi connectivity index (χ4n) is 2.37. The van der Waals surface area contributed by atoms with E-state index in [1.807, 2.05) is 37.3 Å². The second kappa shape index (κ2) is 8.92. The molecule has 0 radical (unpaired) electrons. The largest absolute Gasteiger partial charge is 0.457 e. The van der Waals surface area contributed by atoms with Gasteiger partial charge in [0.1, 0.15) is 5.75 Å². The summed E-state index contributed by atoms with van der Waals surface area (Å²) >= 11 is 0. The number of rotatable bonds is 8. The van der Waals surface area contributed by atoms with Crippen LogP contribution >= 0.6 is 0 Å². The van der Waals surface area contributed by atoms with Crippen molar-refractivity contribution in [3.8, 4) is 5.75 Å². The highest BCUT2D eigenvalue weighted by Gasteiger charge is 2.21. The molecular weight excluding hydrogens is 330 g/mol. The first-order valence-electron chi connectivity index (χ1n) is 7.81. The predicted octanol–water partition coefficient (Wildman–Crippen LogP) is 4.21. The zero-order chi connectivity index (χ0) is 18.2. The Morgan fingerprint density at radius 3 is 2.20 bits per heavy atom. The number of Topliss-reactive ketones (excluding diaryl/α,β-unsaturated/α-hetero) is 1. The molecule has 2 aromatic rings. The molecule has 0 aliphatic rings. The summed E-state index contributed by atoms with van der Waals surface area (Å²) in [6.07, 6.45) is 0.552. The van der Waals surface area contributed by atoms with Gasteiger partial charge in [-0.3, -0.25) is 9.59 Å². The van der Waals surface area contributed by atoms with Crippen molar-refractivity contribution in [2.24, 2.45) is 0 Å². The second-order valence-corrected chi connectivity index (χ2v) is 5.31. The van der Waals surface area contributed by atoms with Crippen molar-refractivity contribution >= 4 is 11.8 Å². The lowest BCUT2D eigenvalue weighted by Gasteiger charge is -2.14. The summed E-state index contributed by atoms with van der Waals surface area (Å²) < 4.78 is 33.5. The molecule has 6 heteroatoms. The van der Waals surface area contributed by atoms with Gasteiger partial charge in [-0.2, -0.15) is 8.78 Å². The van der Waals surface area contributed by atoms with Gasteiger partial charge in [0.15, 0.2) is 12.4 Å². The summed E-state index contributed by atoms with van der Waals surface area (Å²) in [6.45, 7) is -1.47. The topological polar surface area (TPSA) is 52.6 Å². The zero-order valence-corrected chi connectivity index (χ0v) is 13.7. The molecule has 4 nitrogen and oxygen atoms in total. The average molecular weight is 348 g/mol. The molecule has 0 saturated heterocycles.